The number of amides is 2. The molecule has 0 saturated carbocycles. The smallest absolute Gasteiger partial charge is 0.391 e. The van der Waals surface area contributed by atoms with Gasteiger partial charge >= 0.3 is 6.09 Å². The van der Waals surface area contributed by atoms with Crippen LogP contribution in [0.5, 0.6) is 5.88 Å². The molecule has 222 valence electrons. The van der Waals surface area contributed by atoms with Crippen LogP contribution >= 0.6 is 0 Å². The number of rotatable bonds is 3. The van der Waals surface area contributed by atoms with Crippen molar-refractivity contribution in [1.82, 2.24) is 29.3 Å². The summed E-state index contributed by atoms with van der Waals surface area (Å²) in [6.07, 6.45) is 0.347. The van der Waals surface area contributed by atoms with Gasteiger partial charge in [-0.15, -0.1) is 0 Å². The van der Waals surface area contributed by atoms with Crippen molar-refractivity contribution in [2.45, 2.75) is 43.7 Å². The molecule has 1 unspecified atom stereocenters. The van der Waals surface area contributed by atoms with Gasteiger partial charge in [-0.25, -0.2) is 9.78 Å². The standard InChI is InChI=1S/C32H28N6O6/c1-32-28(42-3)19(36(2)31(41)43-20-13-33-14-34-20)12-21(44-32)37-17-10-6-4-8-15(17)22-24-25(30(40)35-29(24)39)23-16-9-5-7-11-18(16)38(32)27(23)26(22)37/h4-11,13-14,19,21,28,30,40H,12H2,1-3H3,(H,33,34)(H,35,39)/t19-,21-,28-,30?,32+/m1/s1. The maximum atomic E-state index is 13.6. The van der Waals surface area contributed by atoms with Gasteiger partial charge in [-0.2, -0.15) is 0 Å². The minimum atomic E-state index is -1.17. The number of benzene rings is 3. The number of H-pyrrole nitrogens is 1. The lowest BCUT2D eigenvalue weighted by atomic mass is 9.92. The minimum absolute atomic E-state index is 0.237. The number of likely N-dealkylation sites (N-methyl/N-ethyl adjacent to an activating group) is 1. The summed E-state index contributed by atoms with van der Waals surface area (Å²) in [5.41, 5.74) is 3.31. The molecule has 44 heavy (non-hydrogen) atoms. The first kappa shape index (κ1) is 25.6. The highest BCUT2D eigenvalue weighted by Crippen LogP contribution is 2.55. The Labute approximate surface area is 249 Å². The molecule has 2 bridgehead atoms. The minimum Gasteiger partial charge on any atom is -0.391 e. The number of aromatic nitrogens is 4. The fourth-order valence-electron chi connectivity index (χ4n) is 8.04. The number of carbonyl (C=O) groups is 2. The van der Waals surface area contributed by atoms with Gasteiger partial charge in [-0.3, -0.25) is 4.79 Å². The van der Waals surface area contributed by atoms with Crippen molar-refractivity contribution in [2.24, 2.45) is 0 Å². The number of methoxy groups -OCH3 is 1. The summed E-state index contributed by atoms with van der Waals surface area (Å²) in [7, 11) is 3.32. The van der Waals surface area contributed by atoms with E-state index in [4.69, 9.17) is 14.2 Å². The Bertz CT molecular complexity index is 2200. The third-order valence-corrected chi connectivity index (χ3v) is 9.70. The van der Waals surface area contributed by atoms with Crippen LogP contribution in [0.25, 0.3) is 43.6 Å². The zero-order chi connectivity index (χ0) is 30.1. The van der Waals surface area contributed by atoms with E-state index in [0.29, 0.717) is 17.5 Å². The summed E-state index contributed by atoms with van der Waals surface area (Å²) in [5.74, 6) is -0.0797. The van der Waals surface area contributed by atoms with Crippen LogP contribution < -0.4 is 10.1 Å². The Morgan fingerprint density at radius 1 is 1.11 bits per heavy atom. The molecule has 1 fully saturated rings. The topological polar surface area (TPSA) is 136 Å². The van der Waals surface area contributed by atoms with Crippen LogP contribution in [-0.2, 0) is 15.2 Å². The number of ether oxygens (including phenoxy) is 3. The van der Waals surface area contributed by atoms with E-state index < -0.39 is 36.4 Å². The van der Waals surface area contributed by atoms with Crippen LogP contribution in [0.1, 0.15) is 41.7 Å². The molecule has 12 nitrogen and oxygen atoms in total. The molecule has 3 aromatic carbocycles. The van der Waals surface area contributed by atoms with Crippen molar-refractivity contribution in [3.63, 3.8) is 0 Å². The summed E-state index contributed by atoms with van der Waals surface area (Å²) < 4.78 is 23.3. The third-order valence-electron chi connectivity index (χ3n) is 9.70. The molecule has 6 heterocycles. The molecule has 0 radical (unpaired) electrons. The van der Waals surface area contributed by atoms with Crippen LogP contribution in [0, 0.1) is 0 Å². The van der Waals surface area contributed by atoms with Crippen molar-refractivity contribution in [3.8, 4) is 5.88 Å². The molecular formula is C32H28N6O6. The van der Waals surface area contributed by atoms with Gasteiger partial charge in [0.1, 0.15) is 12.3 Å². The van der Waals surface area contributed by atoms with Crippen molar-refractivity contribution >= 4 is 55.6 Å². The number of imidazole rings is 1. The lowest BCUT2D eigenvalue weighted by Gasteiger charge is -2.50. The second-order valence-corrected chi connectivity index (χ2v) is 11.8. The number of aliphatic hydroxyl groups excluding tert-OH is 1. The van der Waals surface area contributed by atoms with Crippen LogP contribution in [0.2, 0.25) is 0 Å². The number of aromatic amines is 1. The number of hydrogen-bond acceptors (Lipinski definition) is 7. The van der Waals surface area contributed by atoms with E-state index in [-0.39, 0.29) is 11.8 Å². The van der Waals surface area contributed by atoms with E-state index in [2.05, 4.69) is 24.4 Å². The summed E-state index contributed by atoms with van der Waals surface area (Å²) in [6, 6.07) is 15.4. The summed E-state index contributed by atoms with van der Waals surface area (Å²) in [5, 5.41) is 17.4. The number of nitrogens with one attached hydrogen (secondary N) is 2. The molecule has 9 rings (SSSR count). The maximum absolute atomic E-state index is 13.6. The Balaban J connectivity index is 1.41. The van der Waals surface area contributed by atoms with E-state index >= 15 is 0 Å². The number of aliphatic hydroxyl groups is 1. The fourth-order valence-corrected chi connectivity index (χ4v) is 8.04. The lowest BCUT2D eigenvalue weighted by Crippen LogP contribution is -2.61. The number of fused-ring (bicyclic) bond motifs is 13. The average Bonchev–Trinajstić information content (AvgIpc) is 3.78. The van der Waals surface area contributed by atoms with Crippen molar-refractivity contribution in [3.05, 3.63) is 72.2 Å². The molecule has 3 aliphatic heterocycles. The number of hydrogen-bond donors (Lipinski definition) is 3. The van der Waals surface area contributed by atoms with Gasteiger partial charge in [0, 0.05) is 47.7 Å². The number of carbonyl (C=O) groups excluding carboxylic acids is 2. The van der Waals surface area contributed by atoms with Gasteiger partial charge in [-0.05, 0) is 19.1 Å². The Hall–Kier alpha value is -4.91. The van der Waals surface area contributed by atoms with Crippen LogP contribution in [0.3, 0.4) is 0 Å². The summed E-state index contributed by atoms with van der Waals surface area (Å²) in [4.78, 5) is 35.4. The predicted molar refractivity (Wildman–Crippen MR) is 160 cm³/mol. The highest BCUT2D eigenvalue weighted by atomic mass is 16.6. The van der Waals surface area contributed by atoms with Crippen molar-refractivity contribution in [1.29, 1.82) is 0 Å². The molecule has 3 N–H and O–H groups in total. The van der Waals surface area contributed by atoms with Gasteiger partial charge in [-0.1, -0.05) is 36.4 Å². The summed E-state index contributed by atoms with van der Waals surface area (Å²) >= 11 is 0. The van der Waals surface area contributed by atoms with E-state index in [1.165, 1.54) is 12.5 Å². The average molecular weight is 593 g/mol. The van der Waals surface area contributed by atoms with E-state index in [0.717, 1.165) is 43.6 Å². The highest BCUT2D eigenvalue weighted by Gasteiger charge is 2.55. The molecule has 5 atom stereocenters. The van der Waals surface area contributed by atoms with Crippen LogP contribution in [0.15, 0.2) is 61.1 Å². The van der Waals surface area contributed by atoms with E-state index in [1.807, 2.05) is 55.5 Å². The van der Waals surface area contributed by atoms with Crippen molar-refractivity contribution < 1.29 is 28.9 Å². The predicted octanol–water partition coefficient (Wildman–Crippen LogP) is 4.48. The first-order chi connectivity index (χ1) is 21.3. The molecule has 3 aromatic heterocycles. The number of nitrogens with zero attached hydrogens (tertiary/aromatic N) is 4. The van der Waals surface area contributed by atoms with Gasteiger partial charge in [0.2, 0.25) is 5.88 Å². The van der Waals surface area contributed by atoms with Gasteiger partial charge < -0.3 is 43.7 Å². The second kappa shape index (κ2) is 8.59. The largest absolute Gasteiger partial charge is 0.416 e. The van der Waals surface area contributed by atoms with E-state index in [9.17, 15) is 14.7 Å². The van der Waals surface area contributed by atoms with Gasteiger partial charge in [0.15, 0.2) is 12.0 Å². The second-order valence-electron chi connectivity index (χ2n) is 11.8. The normalized spacial score (nSPS) is 25.6. The fraction of sp³-hybridized carbons (Fsp3) is 0.281. The zero-order valence-electron chi connectivity index (χ0n) is 24.1. The van der Waals surface area contributed by atoms with Crippen LogP contribution in [-0.4, -0.2) is 67.4 Å². The van der Waals surface area contributed by atoms with Gasteiger partial charge in [0.25, 0.3) is 5.91 Å². The molecule has 1 saturated heterocycles. The molecule has 3 aliphatic rings. The van der Waals surface area contributed by atoms with Crippen molar-refractivity contribution in [2.75, 3.05) is 14.2 Å². The molecule has 2 amide bonds. The van der Waals surface area contributed by atoms with Gasteiger partial charge in [0.05, 0.1) is 46.2 Å². The monoisotopic (exact) mass is 592 g/mol. The molecule has 0 spiro atoms. The third kappa shape index (κ3) is 2.99. The summed E-state index contributed by atoms with van der Waals surface area (Å²) in [6.45, 7) is 1.98. The highest BCUT2D eigenvalue weighted by molar-refractivity contribution is 6.31. The van der Waals surface area contributed by atoms with E-state index in [1.54, 1.807) is 19.1 Å². The first-order valence-electron chi connectivity index (χ1n) is 14.5. The molecule has 0 aliphatic carbocycles. The Morgan fingerprint density at radius 3 is 2.57 bits per heavy atom. The maximum Gasteiger partial charge on any atom is 0.416 e. The van der Waals surface area contributed by atoms with Crippen LogP contribution in [0.4, 0.5) is 4.79 Å². The molecule has 6 aromatic rings. The number of para-hydroxylation sites is 2. The molecular weight excluding hydrogens is 564 g/mol. The SMILES string of the molecule is CO[C@@H]1[C@H](N(C)C(=O)Oc2cnc[nH]2)C[C@H]2O[C@]1(C)n1c3ccccc3c3c4c(c5c6ccccc6n2c5c31)C(=O)NC4O. The Kier molecular flexibility index (Phi) is 4.99. The lowest BCUT2D eigenvalue weighted by molar-refractivity contribution is -0.264. The first-order valence-corrected chi connectivity index (χ1v) is 14.5. The Morgan fingerprint density at radius 2 is 1.84 bits per heavy atom. The quantitative estimate of drug-likeness (QED) is 0.276. The zero-order valence-corrected chi connectivity index (χ0v) is 24.1. The molecule has 12 heteroatoms.